The maximum absolute atomic E-state index is 9.65. The van der Waals surface area contributed by atoms with Crippen LogP contribution in [0.25, 0.3) is 22.0 Å². The molecule has 94 valence electrons. The summed E-state index contributed by atoms with van der Waals surface area (Å²) in [6.45, 7) is 3.91. The standard InChI is InChI=1S/C17H15NO/c1-11-9-13(7-8-17(11)19)15-10-12(2)18-16-6-4-3-5-14(15)16/h3-10,19H,1-2H3. The largest absolute Gasteiger partial charge is 0.508 e. The molecule has 0 fully saturated rings. The number of hydrogen-bond donors (Lipinski definition) is 1. The first-order valence-electron chi connectivity index (χ1n) is 6.31. The number of phenolic OH excluding ortho intramolecular Hbond substituents is 1. The van der Waals surface area contributed by atoms with Crippen LogP contribution in [0.5, 0.6) is 5.75 Å². The van der Waals surface area contributed by atoms with Gasteiger partial charge in [0.2, 0.25) is 0 Å². The van der Waals surface area contributed by atoms with E-state index in [4.69, 9.17) is 0 Å². The highest BCUT2D eigenvalue weighted by molar-refractivity contribution is 5.94. The second kappa shape index (κ2) is 4.39. The van der Waals surface area contributed by atoms with Crippen LogP contribution in [0.15, 0.2) is 48.5 Å². The lowest BCUT2D eigenvalue weighted by molar-refractivity contribution is 0.471. The van der Waals surface area contributed by atoms with Crippen LogP contribution in [0.2, 0.25) is 0 Å². The van der Waals surface area contributed by atoms with Gasteiger partial charge in [-0.25, -0.2) is 0 Å². The van der Waals surface area contributed by atoms with Crippen LogP contribution in [-0.4, -0.2) is 10.1 Å². The number of nitrogens with zero attached hydrogens (tertiary/aromatic N) is 1. The monoisotopic (exact) mass is 249 g/mol. The van der Waals surface area contributed by atoms with Gasteiger partial charge in [-0.2, -0.15) is 0 Å². The first-order valence-corrected chi connectivity index (χ1v) is 6.31. The van der Waals surface area contributed by atoms with E-state index in [1.807, 2.05) is 44.2 Å². The molecule has 0 bridgehead atoms. The van der Waals surface area contributed by atoms with Crippen molar-refractivity contribution in [1.82, 2.24) is 4.98 Å². The third-order valence-electron chi connectivity index (χ3n) is 3.35. The van der Waals surface area contributed by atoms with E-state index in [0.717, 1.165) is 33.3 Å². The Morgan fingerprint density at radius 1 is 0.947 bits per heavy atom. The summed E-state index contributed by atoms with van der Waals surface area (Å²) in [7, 11) is 0. The van der Waals surface area contributed by atoms with Gasteiger partial charge in [0.1, 0.15) is 5.75 Å². The fraction of sp³-hybridized carbons (Fsp3) is 0.118. The molecule has 1 aromatic heterocycles. The Balaban J connectivity index is 2.32. The summed E-state index contributed by atoms with van der Waals surface area (Å²) in [6.07, 6.45) is 0. The Bertz CT molecular complexity index is 762. The summed E-state index contributed by atoms with van der Waals surface area (Å²) in [5.74, 6) is 0.332. The fourth-order valence-electron chi connectivity index (χ4n) is 2.37. The summed E-state index contributed by atoms with van der Waals surface area (Å²) in [4.78, 5) is 4.55. The zero-order valence-electron chi connectivity index (χ0n) is 11.0. The number of aromatic nitrogens is 1. The lowest BCUT2D eigenvalue weighted by atomic mass is 9.98. The van der Waals surface area contributed by atoms with Gasteiger partial charge in [0.25, 0.3) is 0 Å². The highest BCUT2D eigenvalue weighted by Crippen LogP contribution is 2.31. The Kier molecular flexibility index (Phi) is 2.71. The Labute approximate surface area is 112 Å². The highest BCUT2D eigenvalue weighted by Gasteiger charge is 2.07. The maximum atomic E-state index is 9.65. The van der Waals surface area contributed by atoms with Gasteiger partial charge in [-0.3, -0.25) is 4.98 Å². The van der Waals surface area contributed by atoms with Crippen molar-refractivity contribution in [3.63, 3.8) is 0 Å². The molecule has 0 spiro atoms. The minimum Gasteiger partial charge on any atom is -0.508 e. The first kappa shape index (κ1) is 11.7. The van der Waals surface area contributed by atoms with E-state index in [1.54, 1.807) is 6.07 Å². The molecule has 2 heteroatoms. The van der Waals surface area contributed by atoms with E-state index in [2.05, 4.69) is 17.1 Å². The van der Waals surface area contributed by atoms with Crippen LogP contribution in [0.1, 0.15) is 11.3 Å². The fourth-order valence-corrected chi connectivity index (χ4v) is 2.37. The molecule has 0 amide bonds. The normalized spacial score (nSPS) is 10.8. The molecule has 0 aliphatic carbocycles. The predicted octanol–water partition coefficient (Wildman–Crippen LogP) is 4.22. The van der Waals surface area contributed by atoms with Crippen LogP contribution >= 0.6 is 0 Å². The molecule has 0 radical (unpaired) electrons. The minimum absolute atomic E-state index is 0.332. The van der Waals surface area contributed by atoms with Crippen LogP contribution in [0.4, 0.5) is 0 Å². The molecule has 1 N–H and O–H groups in total. The van der Waals surface area contributed by atoms with Gasteiger partial charge in [0, 0.05) is 11.1 Å². The van der Waals surface area contributed by atoms with Crippen molar-refractivity contribution in [2.75, 3.05) is 0 Å². The Morgan fingerprint density at radius 3 is 2.53 bits per heavy atom. The summed E-state index contributed by atoms with van der Waals surface area (Å²) in [6, 6.07) is 15.9. The number of rotatable bonds is 1. The van der Waals surface area contributed by atoms with Gasteiger partial charge >= 0.3 is 0 Å². The molecule has 0 saturated heterocycles. The topological polar surface area (TPSA) is 33.1 Å². The summed E-state index contributed by atoms with van der Waals surface area (Å²) in [5, 5.41) is 10.8. The number of para-hydroxylation sites is 1. The second-order valence-corrected chi connectivity index (χ2v) is 4.83. The molecule has 0 atom stereocenters. The van der Waals surface area contributed by atoms with Crippen LogP contribution in [0.3, 0.4) is 0 Å². The van der Waals surface area contributed by atoms with Gasteiger partial charge in [-0.15, -0.1) is 0 Å². The van der Waals surface area contributed by atoms with E-state index in [0.29, 0.717) is 5.75 Å². The number of pyridine rings is 1. The third kappa shape index (κ3) is 2.06. The Hall–Kier alpha value is -2.35. The molecule has 3 aromatic rings. The number of phenols is 1. The lowest BCUT2D eigenvalue weighted by Gasteiger charge is -2.09. The molecule has 0 aliphatic rings. The van der Waals surface area contributed by atoms with Crippen molar-refractivity contribution in [1.29, 1.82) is 0 Å². The molecule has 0 aliphatic heterocycles. The number of fused-ring (bicyclic) bond motifs is 1. The molecule has 2 aromatic carbocycles. The second-order valence-electron chi connectivity index (χ2n) is 4.83. The zero-order chi connectivity index (χ0) is 13.4. The number of hydrogen-bond acceptors (Lipinski definition) is 2. The average molecular weight is 249 g/mol. The number of benzene rings is 2. The van der Waals surface area contributed by atoms with Crippen LogP contribution in [0, 0.1) is 13.8 Å². The van der Waals surface area contributed by atoms with Gasteiger partial charge < -0.3 is 5.11 Å². The van der Waals surface area contributed by atoms with E-state index in [1.165, 1.54) is 0 Å². The third-order valence-corrected chi connectivity index (χ3v) is 3.35. The van der Waals surface area contributed by atoms with Crippen LogP contribution < -0.4 is 0 Å². The summed E-state index contributed by atoms with van der Waals surface area (Å²) < 4.78 is 0. The molecule has 0 saturated carbocycles. The van der Waals surface area contributed by atoms with Gasteiger partial charge in [0.15, 0.2) is 0 Å². The maximum Gasteiger partial charge on any atom is 0.118 e. The molecule has 2 nitrogen and oxygen atoms in total. The van der Waals surface area contributed by atoms with Crippen LogP contribution in [-0.2, 0) is 0 Å². The molecule has 1 heterocycles. The van der Waals surface area contributed by atoms with Gasteiger partial charge in [-0.1, -0.05) is 24.3 Å². The van der Waals surface area contributed by atoms with Crippen molar-refractivity contribution in [2.45, 2.75) is 13.8 Å². The average Bonchev–Trinajstić information content (AvgIpc) is 2.41. The lowest BCUT2D eigenvalue weighted by Crippen LogP contribution is -1.88. The number of aryl methyl sites for hydroxylation is 2. The molecule has 19 heavy (non-hydrogen) atoms. The van der Waals surface area contributed by atoms with E-state index in [-0.39, 0.29) is 0 Å². The first-order chi connectivity index (χ1) is 9.15. The number of aromatic hydroxyl groups is 1. The minimum atomic E-state index is 0.332. The van der Waals surface area contributed by atoms with Gasteiger partial charge in [0.05, 0.1) is 5.52 Å². The molecular weight excluding hydrogens is 234 g/mol. The molecule has 3 rings (SSSR count). The summed E-state index contributed by atoms with van der Waals surface area (Å²) >= 11 is 0. The molecule has 0 unspecified atom stereocenters. The Morgan fingerprint density at radius 2 is 1.74 bits per heavy atom. The van der Waals surface area contributed by atoms with E-state index >= 15 is 0 Å². The summed E-state index contributed by atoms with van der Waals surface area (Å²) in [5.41, 5.74) is 5.15. The van der Waals surface area contributed by atoms with Gasteiger partial charge in [-0.05, 0) is 54.8 Å². The smallest absolute Gasteiger partial charge is 0.118 e. The van der Waals surface area contributed by atoms with Crippen molar-refractivity contribution < 1.29 is 5.11 Å². The highest BCUT2D eigenvalue weighted by atomic mass is 16.3. The van der Waals surface area contributed by atoms with E-state index in [9.17, 15) is 5.11 Å². The van der Waals surface area contributed by atoms with Crippen molar-refractivity contribution in [2.24, 2.45) is 0 Å². The SMILES string of the molecule is Cc1cc(-c2ccc(O)c(C)c2)c2ccccc2n1. The zero-order valence-corrected chi connectivity index (χ0v) is 11.0. The predicted molar refractivity (Wildman–Crippen MR) is 78.3 cm³/mol. The van der Waals surface area contributed by atoms with Crippen molar-refractivity contribution in [3.05, 3.63) is 59.8 Å². The van der Waals surface area contributed by atoms with Crippen molar-refractivity contribution >= 4 is 10.9 Å². The van der Waals surface area contributed by atoms with Crippen molar-refractivity contribution in [3.8, 4) is 16.9 Å². The van der Waals surface area contributed by atoms with E-state index < -0.39 is 0 Å². The quantitative estimate of drug-likeness (QED) is 0.700. The molecular formula is C17H15NO.